The molecular formula is C14H20N2OS. The Hall–Kier alpha value is -0.970. The number of thiocarbonyl (C=S) groups is 1. The van der Waals surface area contributed by atoms with Crippen molar-refractivity contribution in [3.63, 3.8) is 0 Å². The van der Waals surface area contributed by atoms with Gasteiger partial charge in [0, 0.05) is 18.7 Å². The van der Waals surface area contributed by atoms with Crippen LogP contribution in [0.5, 0.6) is 0 Å². The number of likely N-dealkylation sites (tertiary alicyclic amines) is 1. The highest BCUT2D eigenvalue weighted by Crippen LogP contribution is 2.19. The van der Waals surface area contributed by atoms with Crippen molar-refractivity contribution in [2.24, 2.45) is 11.7 Å². The number of benzene rings is 1. The zero-order valence-electron chi connectivity index (χ0n) is 10.7. The molecule has 0 radical (unpaired) electrons. The number of aliphatic hydroxyl groups is 1. The topological polar surface area (TPSA) is 49.5 Å². The van der Waals surface area contributed by atoms with Crippen molar-refractivity contribution in [1.82, 2.24) is 4.90 Å². The van der Waals surface area contributed by atoms with E-state index in [-0.39, 0.29) is 6.10 Å². The van der Waals surface area contributed by atoms with Gasteiger partial charge in [-0.1, -0.05) is 43.4 Å². The van der Waals surface area contributed by atoms with Crippen LogP contribution in [-0.4, -0.2) is 34.2 Å². The maximum Gasteiger partial charge on any atom is 0.103 e. The van der Waals surface area contributed by atoms with Gasteiger partial charge in [0.05, 0.1) is 6.10 Å². The van der Waals surface area contributed by atoms with Crippen LogP contribution in [0.2, 0.25) is 0 Å². The van der Waals surface area contributed by atoms with Crippen molar-refractivity contribution >= 4 is 17.2 Å². The first-order valence-corrected chi connectivity index (χ1v) is 6.76. The fraction of sp³-hybridized carbons (Fsp3) is 0.500. The number of nitrogens with zero attached hydrogens (tertiary/aromatic N) is 1. The molecule has 0 bridgehead atoms. The predicted octanol–water partition coefficient (Wildman–Crippen LogP) is 1.52. The van der Waals surface area contributed by atoms with Crippen LogP contribution in [0.15, 0.2) is 24.3 Å². The number of hydrogen-bond acceptors (Lipinski definition) is 3. The van der Waals surface area contributed by atoms with Crippen LogP contribution in [0.25, 0.3) is 0 Å². The third-order valence-electron chi connectivity index (χ3n) is 3.65. The van der Waals surface area contributed by atoms with Crippen molar-refractivity contribution in [3.05, 3.63) is 35.4 Å². The second-order valence-electron chi connectivity index (χ2n) is 5.13. The number of aliphatic hydroxyl groups excluding tert-OH is 1. The number of piperidine rings is 1. The second kappa shape index (κ2) is 5.78. The molecule has 1 aromatic rings. The van der Waals surface area contributed by atoms with Gasteiger partial charge in [-0.05, 0) is 24.4 Å². The highest BCUT2D eigenvalue weighted by molar-refractivity contribution is 7.80. The van der Waals surface area contributed by atoms with Crippen LogP contribution in [-0.2, 0) is 6.54 Å². The van der Waals surface area contributed by atoms with Gasteiger partial charge in [0.2, 0.25) is 0 Å². The average Bonchev–Trinajstić information content (AvgIpc) is 2.34. The number of β-amino-alcohol motifs (C(OH)–C–C–N with tert-alkyl or cyclic N) is 1. The molecule has 0 aromatic heterocycles. The molecule has 0 spiro atoms. The molecule has 1 aromatic carbocycles. The van der Waals surface area contributed by atoms with Gasteiger partial charge in [0.15, 0.2) is 0 Å². The Morgan fingerprint density at radius 1 is 1.44 bits per heavy atom. The number of nitrogens with two attached hydrogens (primary N) is 1. The van der Waals surface area contributed by atoms with E-state index in [9.17, 15) is 5.11 Å². The number of rotatable bonds is 3. The van der Waals surface area contributed by atoms with Gasteiger partial charge in [-0.3, -0.25) is 4.90 Å². The molecule has 1 heterocycles. The van der Waals surface area contributed by atoms with Gasteiger partial charge < -0.3 is 10.8 Å². The minimum absolute atomic E-state index is 0.199. The molecule has 4 heteroatoms. The molecule has 98 valence electrons. The SMILES string of the molecule is CC1CCN(Cc2ccc(C(N)=S)cc2)CC1O. The van der Waals surface area contributed by atoms with E-state index in [2.05, 4.69) is 24.0 Å². The largest absolute Gasteiger partial charge is 0.392 e. The summed E-state index contributed by atoms with van der Waals surface area (Å²) in [6.07, 6.45) is 0.862. The summed E-state index contributed by atoms with van der Waals surface area (Å²) in [6, 6.07) is 8.03. The lowest BCUT2D eigenvalue weighted by atomic mass is 9.96. The summed E-state index contributed by atoms with van der Waals surface area (Å²) >= 11 is 4.93. The summed E-state index contributed by atoms with van der Waals surface area (Å²) in [7, 11) is 0. The Bertz CT molecular complexity index is 418. The van der Waals surface area contributed by atoms with Crippen LogP contribution in [0.1, 0.15) is 24.5 Å². The van der Waals surface area contributed by atoms with Crippen LogP contribution < -0.4 is 5.73 Å². The van der Waals surface area contributed by atoms with Crippen molar-refractivity contribution in [2.75, 3.05) is 13.1 Å². The van der Waals surface area contributed by atoms with Crippen LogP contribution in [0, 0.1) is 5.92 Å². The fourth-order valence-corrected chi connectivity index (χ4v) is 2.43. The highest BCUT2D eigenvalue weighted by atomic mass is 32.1. The summed E-state index contributed by atoms with van der Waals surface area (Å²) in [5.41, 5.74) is 7.71. The molecule has 2 unspecified atom stereocenters. The summed E-state index contributed by atoms with van der Waals surface area (Å²) in [5.74, 6) is 0.415. The smallest absolute Gasteiger partial charge is 0.103 e. The first kappa shape index (κ1) is 13.5. The van der Waals surface area contributed by atoms with E-state index in [4.69, 9.17) is 18.0 Å². The van der Waals surface area contributed by atoms with E-state index in [0.717, 1.165) is 31.6 Å². The molecule has 0 saturated carbocycles. The first-order chi connectivity index (χ1) is 8.56. The van der Waals surface area contributed by atoms with Gasteiger partial charge in [0.25, 0.3) is 0 Å². The summed E-state index contributed by atoms with van der Waals surface area (Å²) in [5, 5.41) is 9.87. The summed E-state index contributed by atoms with van der Waals surface area (Å²) in [6.45, 7) is 4.80. The van der Waals surface area contributed by atoms with Gasteiger partial charge in [-0.25, -0.2) is 0 Å². The molecule has 3 N–H and O–H groups in total. The van der Waals surface area contributed by atoms with Crippen molar-refractivity contribution in [1.29, 1.82) is 0 Å². The van der Waals surface area contributed by atoms with E-state index in [1.807, 2.05) is 12.1 Å². The molecule has 1 fully saturated rings. The van der Waals surface area contributed by atoms with Crippen molar-refractivity contribution in [2.45, 2.75) is 26.0 Å². The monoisotopic (exact) mass is 264 g/mol. The first-order valence-electron chi connectivity index (χ1n) is 6.35. The fourth-order valence-electron chi connectivity index (χ4n) is 2.29. The highest BCUT2D eigenvalue weighted by Gasteiger charge is 2.23. The van der Waals surface area contributed by atoms with E-state index in [1.165, 1.54) is 5.56 Å². The van der Waals surface area contributed by atoms with Gasteiger partial charge in [0.1, 0.15) is 4.99 Å². The number of hydrogen-bond donors (Lipinski definition) is 2. The Balaban J connectivity index is 1.95. The molecule has 3 nitrogen and oxygen atoms in total. The van der Waals surface area contributed by atoms with Gasteiger partial charge in [-0.2, -0.15) is 0 Å². The van der Waals surface area contributed by atoms with E-state index >= 15 is 0 Å². The van der Waals surface area contributed by atoms with E-state index < -0.39 is 0 Å². The molecule has 18 heavy (non-hydrogen) atoms. The molecule has 0 aliphatic carbocycles. The molecule has 1 aliphatic rings. The summed E-state index contributed by atoms with van der Waals surface area (Å²) in [4.78, 5) is 2.73. The zero-order valence-corrected chi connectivity index (χ0v) is 11.5. The molecule has 1 aliphatic heterocycles. The molecular weight excluding hydrogens is 244 g/mol. The summed E-state index contributed by atoms with van der Waals surface area (Å²) < 4.78 is 0. The molecule has 2 rings (SSSR count). The van der Waals surface area contributed by atoms with Gasteiger partial charge in [-0.15, -0.1) is 0 Å². The van der Waals surface area contributed by atoms with E-state index in [0.29, 0.717) is 10.9 Å². The molecule has 0 amide bonds. The molecule has 2 atom stereocenters. The van der Waals surface area contributed by atoms with Crippen LogP contribution in [0.4, 0.5) is 0 Å². The predicted molar refractivity (Wildman–Crippen MR) is 77.4 cm³/mol. The Kier molecular flexibility index (Phi) is 4.32. The normalized spacial score (nSPS) is 25.0. The Labute approximate surface area is 114 Å². The Morgan fingerprint density at radius 2 is 2.11 bits per heavy atom. The third-order valence-corrected chi connectivity index (χ3v) is 3.88. The van der Waals surface area contributed by atoms with Crippen molar-refractivity contribution in [3.8, 4) is 0 Å². The maximum atomic E-state index is 9.87. The Morgan fingerprint density at radius 3 is 2.67 bits per heavy atom. The van der Waals surface area contributed by atoms with Crippen molar-refractivity contribution < 1.29 is 5.11 Å². The molecule has 1 saturated heterocycles. The lowest BCUT2D eigenvalue weighted by Gasteiger charge is -2.34. The van der Waals surface area contributed by atoms with Crippen LogP contribution in [0.3, 0.4) is 0 Å². The van der Waals surface area contributed by atoms with E-state index in [1.54, 1.807) is 0 Å². The standard InChI is InChI=1S/C14H20N2OS/c1-10-6-7-16(9-13(10)17)8-11-2-4-12(5-3-11)14(15)18/h2-5,10,13,17H,6-9H2,1H3,(H2,15,18). The lowest BCUT2D eigenvalue weighted by molar-refractivity contribution is 0.0259. The van der Waals surface area contributed by atoms with Gasteiger partial charge >= 0.3 is 0 Å². The third kappa shape index (κ3) is 3.28. The van der Waals surface area contributed by atoms with Crippen LogP contribution >= 0.6 is 12.2 Å². The zero-order chi connectivity index (χ0) is 13.1. The lowest BCUT2D eigenvalue weighted by Crippen LogP contribution is -2.42. The average molecular weight is 264 g/mol. The minimum Gasteiger partial charge on any atom is -0.392 e. The second-order valence-corrected chi connectivity index (χ2v) is 5.57. The maximum absolute atomic E-state index is 9.87. The quantitative estimate of drug-likeness (QED) is 0.813. The minimum atomic E-state index is -0.199.